The van der Waals surface area contributed by atoms with Gasteiger partial charge in [-0.15, -0.1) is 0 Å². The Morgan fingerprint density at radius 3 is 2.74 bits per heavy atom. The molecule has 2 aromatic carbocycles. The van der Waals surface area contributed by atoms with Gasteiger partial charge < -0.3 is 9.30 Å². The number of hydrogen-bond acceptors (Lipinski definition) is 6. The van der Waals surface area contributed by atoms with Crippen LogP contribution in [0.2, 0.25) is 0 Å². The van der Waals surface area contributed by atoms with Gasteiger partial charge in [-0.1, -0.05) is 29.5 Å². The van der Waals surface area contributed by atoms with Crippen LogP contribution in [0.4, 0.5) is 5.69 Å². The first-order valence-corrected chi connectivity index (χ1v) is 10.3. The second-order valence-corrected chi connectivity index (χ2v) is 7.76. The topological polar surface area (TPSA) is 105 Å². The van der Waals surface area contributed by atoms with Crippen molar-refractivity contribution in [3.63, 3.8) is 0 Å². The molecule has 31 heavy (non-hydrogen) atoms. The monoisotopic (exact) mass is 437 g/mol. The van der Waals surface area contributed by atoms with Gasteiger partial charge in [0.25, 0.3) is 11.6 Å². The maximum absolute atomic E-state index is 13.0. The molecule has 0 aliphatic heterocycles. The molecule has 1 amide bonds. The Bertz CT molecular complexity index is 1340. The molecule has 0 atom stereocenters. The van der Waals surface area contributed by atoms with Crippen molar-refractivity contribution in [2.75, 3.05) is 13.7 Å². The number of fused-ring (bicyclic) bond motifs is 1. The van der Waals surface area contributed by atoms with E-state index in [4.69, 9.17) is 4.74 Å². The molecule has 0 fully saturated rings. The van der Waals surface area contributed by atoms with Gasteiger partial charge >= 0.3 is 0 Å². The maximum atomic E-state index is 13.0. The molecule has 0 spiro atoms. The highest BCUT2D eigenvalue weighted by Gasteiger charge is 2.17. The fraction of sp³-hybridized carbons (Fsp3) is 0.190. The van der Waals surface area contributed by atoms with Gasteiger partial charge in [0.1, 0.15) is 0 Å². The standard InChI is InChI=1S/C21H19N5O4S/c1-14-17(13-22-25(14)15-6-4-3-5-7-15)20(27)23-21-24(10-11-30-2)18-9-8-16(26(28)29)12-19(18)31-21/h3-9,12-13H,10-11H2,1-2H3. The summed E-state index contributed by atoms with van der Waals surface area (Å²) in [6, 6.07) is 14.1. The van der Waals surface area contributed by atoms with E-state index in [0.29, 0.717) is 33.9 Å². The van der Waals surface area contributed by atoms with E-state index in [2.05, 4.69) is 10.1 Å². The van der Waals surface area contributed by atoms with Crippen molar-refractivity contribution in [3.8, 4) is 5.69 Å². The normalized spacial score (nSPS) is 11.9. The highest BCUT2D eigenvalue weighted by molar-refractivity contribution is 7.16. The predicted molar refractivity (Wildman–Crippen MR) is 117 cm³/mol. The van der Waals surface area contributed by atoms with Gasteiger partial charge in [-0.2, -0.15) is 10.1 Å². The number of methoxy groups -OCH3 is 1. The molecule has 9 nitrogen and oxygen atoms in total. The molecule has 2 heterocycles. The van der Waals surface area contributed by atoms with Gasteiger partial charge in [-0.25, -0.2) is 4.68 Å². The van der Waals surface area contributed by atoms with Crippen molar-refractivity contribution >= 4 is 33.1 Å². The Hall–Kier alpha value is -3.63. The number of aromatic nitrogens is 3. The minimum atomic E-state index is -0.443. The van der Waals surface area contributed by atoms with Gasteiger partial charge in [0.05, 0.1) is 44.9 Å². The Morgan fingerprint density at radius 1 is 1.26 bits per heavy atom. The van der Waals surface area contributed by atoms with Crippen molar-refractivity contribution in [1.29, 1.82) is 0 Å². The fourth-order valence-corrected chi connectivity index (χ4v) is 4.34. The molecule has 10 heteroatoms. The number of rotatable bonds is 6. The van der Waals surface area contributed by atoms with Crippen LogP contribution in [0, 0.1) is 17.0 Å². The third kappa shape index (κ3) is 4.03. The van der Waals surface area contributed by atoms with Crippen molar-refractivity contribution in [2.24, 2.45) is 4.99 Å². The van der Waals surface area contributed by atoms with Crippen LogP contribution in [-0.4, -0.2) is 38.9 Å². The number of ether oxygens (including phenoxy) is 1. The van der Waals surface area contributed by atoms with E-state index in [0.717, 1.165) is 11.2 Å². The number of nitrogens with zero attached hydrogens (tertiary/aromatic N) is 5. The Morgan fingerprint density at radius 2 is 2.03 bits per heavy atom. The van der Waals surface area contributed by atoms with Crippen LogP contribution >= 0.6 is 11.3 Å². The Balaban J connectivity index is 1.78. The summed E-state index contributed by atoms with van der Waals surface area (Å²) >= 11 is 1.23. The molecule has 0 N–H and O–H groups in total. The van der Waals surface area contributed by atoms with Crippen LogP contribution < -0.4 is 4.80 Å². The molecule has 0 bridgehead atoms. The number of thiazole rings is 1. The van der Waals surface area contributed by atoms with Crippen molar-refractivity contribution in [1.82, 2.24) is 14.3 Å². The largest absolute Gasteiger partial charge is 0.383 e. The zero-order valence-corrected chi connectivity index (χ0v) is 17.7. The van der Waals surface area contributed by atoms with E-state index in [1.54, 1.807) is 17.9 Å². The molecule has 0 aliphatic rings. The lowest BCUT2D eigenvalue weighted by Crippen LogP contribution is -2.19. The number of amides is 1. The van der Waals surface area contributed by atoms with Crippen LogP contribution in [-0.2, 0) is 11.3 Å². The van der Waals surface area contributed by atoms with Crippen LogP contribution in [0.5, 0.6) is 0 Å². The lowest BCUT2D eigenvalue weighted by atomic mass is 10.2. The molecule has 0 unspecified atom stereocenters. The first-order valence-electron chi connectivity index (χ1n) is 9.45. The first-order chi connectivity index (χ1) is 15.0. The summed E-state index contributed by atoms with van der Waals surface area (Å²) in [7, 11) is 1.59. The summed E-state index contributed by atoms with van der Waals surface area (Å²) in [5.74, 6) is -0.424. The molecule has 4 aromatic rings. The smallest absolute Gasteiger partial charge is 0.283 e. The lowest BCUT2D eigenvalue weighted by Gasteiger charge is -2.05. The molecule has 0 saturated heterocycles. The number of benzene rings is 2. The average Bonchev–Trinajstić information content (AvgIpc) is 3.32. The minimum Gasteiger partial charge on any atom is -0.383 e. The van der Waals surface area contributed by atoms with Gasteiger partial charge in [-0.3, -0.25) is 14.9 Å². The number of hydrogen-bond donors (Lipinski definition) is 0. The molecule has 0 radical (unpaired) electrons. The third-order valence-corrected chi connectivity index (χ3v) is 5.88. The van der Waals surface area contributed by atoms with Gasteiger partial charge in [-0.05, 0) is 25.1 Å². The minimum absolute atomic E-state index is 0.00880. The molecular formula is C21H19N5O4S. The predicted octanol–water partition coefficient (Wildman–Crippen LogP) is 3.49. The summed E-state index contributed by atoms with van der Waals surface area (Å²) < 4.78 is 9.38. The summed E-state index contributed by atoms with van der Waals surface area (Å²) in [6.45, 7) is 2.69. The van der Waals surface area contributed by atoms with Crippen molar-refractivity contribution in [2.45, 2.75) is 13.5 Å². The summed E-state index contributed by atoms with van der Waals surface area (Å²) in [6.07, 6.45) is 1.51. The van der Waals surface area contributed by atoms with Crippen LogP contribution in [0.3, 0.4) is 0 Å². The Labute approximate surface area is 181 Å². The molecule has 0 saturated carbocycles. The molecule has 158 valence electrons. The van der Waals surface area contributed by atoms with Gasteiger partial charge in [0, 0.05) is 25.8 Å². The van der Waals surface area contributed by atoms with Crippen molar-refractivity contribution in [3.05, 3.63) is 80.9 Å². The number of nitro groups is 1. The van der Waals surface area contributed by atoms with Crippen LogP contribution in [0.25, 0.3) is 15.9 Å². The number of carbonyl (C=O) groups is 1. The second-order valence-electron chi connectivity index (χ2n) is 6.75. The first kappa shape index (κ1) is 20.6. The van der Waals surface area contributed by atoms with E-state index in [1.165, 1.54) is 29.7 Å². The lowest BCUT2D eigenvalue weighted by molar-refractivity contribution is -0.384. The quantitative estimate of drug-likeness (QED) is 0.339. The summed E-state index contributed by atoms with van der Waals surface area (Å²) in [4.78, 5) is 28.4. The number of non-ortho nitro benzene ring substituents is 1. The highest BCUT2D eigenvalue weighted by Crippen LogP contribution is 2.23. The van der Waals surface area contributed by atoms with Crippen molar-refractivity contribution < 1.29 is 14.5 Å². The molecule has 4 rings (SSSR count). The van der Waals surface area contributed by atoms with Crippen LogP contribution in [0.15, 0.2) is 59.7 Å². The SMILES string of the molecule is COCCn1c(=NC(=O)c2cnn(-c3ccccc3)c2C)sc2cc([N+](=O)[O-])ccc21. The number of para-hydroxylation sites is 1. The number of nitro benzene ring substituents is 1. The van der Waals surface area contributed by atoms with E-state index in [9.17, 15) is 14.9 Å². The summed E-state index contributed by atoms with van der Waals surface area (Å²) in [5, 5.41) is 15.5. The zero-order chi connectivity index (χ0) is 22.0. The number of carbonyl (C=O) groups excluding carboxylic acids is 1. The average molecular weight is 437 g/mol. The van der Waals surface area contributed by atoms with E-state index < -0.39 is 10.8 Å². The zero-order valence-electron chi connectivity index (χ0n) is 16.9. The van der Waals surface area contributed by atoms with Gasteiger partial charge in [0.15, 0.2) is 4.80 Å². The van der Waals surface area contributed by atoms with Crippen LogP contribution in [0.1, 0.15) is 16.1 Å². The highest BCUT2D eigenvalue weighted by atomic mass is 32.1. The van der Waals surface area contributed by atoms with E-state index in [1.807, 2.05) is 41.8 Å². The fourth-order valence-electron chi connectivity index (χ4n) is 3.26. The molecule has 2 aromatic heterocycles. The molecular weight excluding hydrogens is 418 g/mol. The second kappa shape index (κ2) is 8.62. The summed E-state index contributed by atoms with van der Waals surface area (Å²) in [5.41, 5.74) is 2.68. The van der Waals surface area contributed by atoms with E-state index >= 15 is 0 Å². The molecule has 0 aliphatic carbocycles. The Kier molecular flexibility index (Phi) is 5.74. The van der Waals surface area contributed by atoms with Gasteiger partial charge in [0.2, 0.25) is 0 Å². The maximum Gasteiger partial charge on any atom is 0.283 e. The third-order valence-electron chi connectivity index (χ3n) is 4.83. The van der Waals surface area contributed by atoms with E-state index in [-0.39, 0.29) is 5.69 Å².